The fourth-order valence-corrected chi connectivity index (χ4v) is 2.03. The molecule has 1 rings (SSSR count). The van der Waals surface area contributed by atoms with Crippen LogP contribution in [0.5, 0.6) is 0 Å². The lowest BCUT2D eigenvalue weighted by atomic mass is 10.1. The summed E-state index contributed by atoms with van der Waals surface area (Å²) in [7, 11) is 0. The van der Waals surface area contributed by atoms with Crippen molar-refractivity contribution in [2.45, 2.75) is 6.18 Å². The Balaban J connectivity index is 2.88. The molecule has 1 N–H and O–H groups in total. The van der Waals surface area contributed by atoms with Crippen molar-refractivity contribution in [3.8, 4) is 0 Å². The van der Waals surface area contributed by atoms with Crippen LogP contribution in [0.25, 0.3) is 0 Å². The molecule has 0 radical (unpaired) electrons. The van der Waals surface area contributed by atoms with Crippen LogP contribution in [0.15, 0.2) is 22.7 Å². The van der Waals surface area contributed by atoms with Gasteiger partial charge in [-0.15, -0.1) is 0 Å². The number of carbonyl (C=O) groups excluding carboxylic acids is 1. The van der Waals surface area contributed by atoms with Crippen molar-refractivity contribution in [3.63, 3.8) is 0 Å². The maximum atomic E-state index is 12.6. The van der Waals surface area contributed by atoms with Crippen LogP contribution < -0.4 is 5.32 Å². The molecule has 0 unspecified atom stereocenters. The van der Waals surface area contributed by atoms with Gasteiger partial charge in [0.25, 0.3) is 5.91 Å². The van der Waals surface area contributed by atoms with E-state index < -0.39 is 17.6 Å². The highest BCUT2D eigenvalue weighted by Gasteiger charge is 2.33. The second-order valence-electron chi connectivity index (χ2n) is 3.44. The van der Waals surface area contributed by atoms with Gasteiger partial charge in [-0.05, 0) is 24.5 Å². The summed E-state index contributed by atoms with van der Waals surface area (Å²) < 4.78 is 37.8. The molecule has 1 aromatic rings. The molecule has 0 heterocycles. The molecule has 0 aromatic heterocycles. The molecular weight excluding hydrogens is 331 g/mol. The molecule has 1 amide bonds. The zero-order valence-corrected chi connectivity index (χ0v) is 11.9. The van der Waals surface area contributed by atoms with E-state index in [1.807, 2.05) is 6.26 Å². The minimum Gasteiger partial charge on any atom is -0.351 e. The Hall–Kier alpha value is -0.690. The quantitative estimate of drug-likeness (QED) is 0.848. The smallest absolute Gasteiger partial charge is 0.351 e. The minimum atomic E-state index is -4.48. The van der Waals surface area contributed by atoms with Gasteiger partial charge in [-0.1, -0.05) is 15.9 Å². The molecule has 0 spiro atoms. The van der Waals surface area contributed by atoms with Crippen LogP contribution in [-0.2, 0) is 6.18 Å². The third-order valence-corrected chi connectivity index (χ3v) is 3.43. The summed E-state index contributed by atoms with van der Waals surface area (Å²) in [6, 6.07) is 3.43. The largest absolute Gasteiger partial charge is 0.417 e. The van der Waals surface area contributed by atoms with Crippen LogP contribution in [0, 0.1) is 0 Å². The number of rotatable bonds is 4. The molecule has 0 saturated heterocycles. The number of amides is 1. The summed E-state index contributed by atoms with van der Waals surface area (Å²) in [5.41, 5.74) is -0.841. The zero-order valence-electron chi connectivity index (χ0n) is 9.47. The molecular formula is C11H11BrF3NOS. The van der Waals surface area contributed by atoms with Crippen molar-refractivity contribution < 1.29 is 18.0 Å². The molecule has 0 fully saturated rings. The summed E-state index contributed by atoms with van der Waals surface area (Å²) in [6.45, 7) is 0.428. The summed E-state index contributed by atoms with van der Waals surface area (Å²) in [5, 5.41) is 2.56. The summed E-state index contributed by atoms with van der Waals surface area (Å²) >= 11 is 4.37. The molecule has 0 aliphatic carbocycles. The molecule has 2 nitrogen and oxygen atoms in total. The maximum absolute atomic E-state index is 12.6. The fraction of sp³-hybridized carbons (Fsp3) is 0.364. The average molecular weight is 342 g/mol. The van der Waals surface area contributed by atoms with Crippen LogP contribution in [0.1, 0.15) is 15.9 Å². The first-order valence-electron chi connectivity index (χ1n) is 5.00. The van der Waals surface area contributed by atoms with Crippen molar-refractivity contribution in [2.24, 2.45) is 0 Å². The topological polar surface area (TPSA) is 29.1 Å². The van der Waals surface area contributed by atoms with Crippen LogP contribution in [0.3, 0.4) is 0 Å². The van der Waals surface area contributed by atoms with Crippen LogP contribution >= 0.6 is 27.7 Å². The molecule has 0 bridgehead atoms. The van der Waals surface area contributed by atoms with Crippen molar-refractivity contribution in [3.05, 3.63) is 33.8 Å². The number of carbonyl (C=O) groups is 1. The van der Waals surface area contributed by atoms with Crippen LogP contribution in [-0.4, -0.2) is 24.5 Å². The molecule has 7 heteroatoms. The van der Waals surface area contributed by atoms with Gasteiger partial charge in [-0.3, -0.25) is 4.79 Å². The molecule has 18 heavy (non-hydrogen) atoms. The van der Waals surface area contributed by atoms with Gasteiger partial charge in [0.1, 0.15) is 0 Å². The summed E-state index contributed by atoms with van der Waals surface area (Å²) in [6.07, 6.45) is -2.60. The highest BCUT2D eigenvalue weighted by Crippen LogP contribution is 2.35. The van der Waals surface area contributed by atoms with E-state index in [4.69, 9.17) is 0 Å². The first-order valence-corrected chi connectivity index (χ1v) is 7.19. The lowest BCUT2D eigenvalue weighted by Crippen LogP contribution is -2.26. The number of thioether (sulfide) groups is 1. The van der Waals surface area contributed by atoms with E-state index in [1.54, 1.807) is 11.8 Å². The zero-order chi connectivity index (χ0) is 13.8. The van der Waals surface area contributed by atoms with Crippen molar-refractivity contribution in [1.29, 1.82) is 0 Å². The first-order chi connectivity index (χ1) is 8.36. The van der Waals surface area contributed by atoms with E-state index in [1.165, 1.54) is 12.1 Å². The highest BCUT2D eigenvalue weighted by atomic mass is 79.9. The molecule has 0 aliphatic rings. The van der Waals surface area contributed by atoms with Gasteiger partial charge in [0, 0.05) is 22.3 Å². The van der Waals surface area contributed by atoms with Gasteiger partial charge < -0.3 is 5.32 Å². The Morgan fingerprint density at radius 2 is 2.11 bits per heavy atom. The Bertz CT molecular complexity index is 437. The lowest BCUT2D eigenvalue weighted by molar-refractivity contribution is -0.138. The monoisotopic (exact) mass is 341 g/mol. The third-order valence-electron chi connectivity index (χ3n) is 2.13. The van der Waals surface area contributed by atoms with Crippen molar-refractivity contribution in [1.82, 2.24) is 5.32 Å². The molecule has 0 aliphatic heterocycles. The Morgan fingerprint density at radius 3 is 2.67 bits per heavy atom. The predicted octanol–water partition coefficient (Wildman–Crippen LogP) is 3.56. The first kappa shape index (κ1) is 15.4. The highest BCUT2D eigenvalue weighted by molar-refractivity contribution is 9.10. The number of hydrogen-bond donors (Lipinski definition) is 1. The number of benzene rings is 1. The number of nitrogens with one attached hydrogen (secondary N) is 1. The second-order valence-corrected chi connectivity index (χ2v) is 5.28. The molecule has 1 aromatic carbocycles. The van der Waals surface area contributed by atoms with E-state index in [0.717, 1.165) is 6.07 Å². The molecule has 100 valence electrons. The summed E-state index contributed by atoms with van der Waals surface area (Å²) in [4.78, 5) is 11.6. The number of halogens is 4. The van der Waals surface area contributed by atoms with E-state index in [0.29, 0.717) is 12.3 Å². The summed E-state index contributed by atoms with van der Waals surface area (Å²) in [5.74, 6) is 0.219. The van der Waals surface area contributed by atoms with Gasteiger partial charge in [0.15, 0.2) is 0 Å². The maximum Gasteiger partial charge on any atom is 0.417 e. The molecule has 0 atom stereocenters. The van der Waals surface area contributed by atoms with Gasteiger partial charge in [-0.25, -0.2) is 0 Å². The fourth-order valence-electron chi connectivity index (χ4n) is 1.25. The average Bonchev–Trinajstić information content (AvgIpc) is 2.28. The van der Waals surface area contributed by atoms with Crippen molar-refractivity contribution >= 4 is 33.6 Å². The van der Waals surface area contributed by atoms with Gasteiger partial charge in [-0.2, -0.15) is 24.9 Å². The number of alkyl halides is 3. The van der Waals surface area contributed by atoms with E-state index in [2.05, 4.69) is 21.2 Å². The van der Waals surface area contributed by atoms with E-state index in [-0.39, 0.29) is 10.0 Å². The van der Waals surface area contributed by atoms with Crippen LogP contribution in [0.2, 0.25) is 0 Å². The normalized spacial score (nSPS) is 11.4. The Kier molecular flexibility index (Phi) is 5.52. The number of hydrogen-bond acceptors (Lipinski definition) is 2. The third kappa shape index (κ3) is 4.20. The lowest BCUT2D eigenvalue weighted by Gasteiger charge is -2.11. The van der Waals surface area contributed by atoms with Gasteiger partial charge in [0.2, 0.25) is 0 Å². The second kappa shape index (κ2) is 6.47. The van der Waals surface area contributed by atoms with E-state index in [9.17, 15) is 18.0 Å². The standard InChI is InChI=1S/C11H11BrF3NOS/c1-18-5-4-16-10(17)7-2-3-9(12)8(6-7)11(13,14)15/h2-3,6H,4-5H2,1H3,(H,16,17). The SMILES string of the molecule is CSCCNC(=O)c1ccc(Br)c(C(F)(F)F)c1. The van der Waals surface area contributed by atoms with Gasteiger partial charge in [0.05, 0.1) is 5.56 Å². The minimum absolute atomic E-state index is 0.00614. The Labute approximate surface area is 115 Å². The van der Waals surface area contributed by atoms with Gasteiger partial charge >= 0.3 is 6.18 Å². The van der Waals surface area contributed by atoms with Crippen LogP contribution in [0.4, 0.5) is 13.2 Å². The predicted molar refractivity (Wildman–Crippen MR) is 69.9 cm³/mol. The molecule has 0 saturated carbocycles. The van der Waals surface area contributed by atoms with E-state index >= 15 is 0 Å². The Morgan fingerprint density at radius 1 is 1.44 bits per heavy atom. The van der Waals surface area contributed by atoms with Crippen molar-refractivity contribution in [2.75, 3.05) is 18.6 Å².